The van der Waals surface area contributed by atoms with E-state index < -0.39 is 10.0 Å². The van der Waals surface area contributed by atoms with Crippen molar-refractivity contribution in [3.63, 3.8) is 0 Å². The van der Waals surface area contributed by atoms with E-state index in [1.165, 1.54) is 4.31 Å². The average molecular weight is 335 g/mol. The van der Waals surface area contributed by atoms with Crippen LogP contribution in [-0.2, 0) is 10.0 Å². The van der Waals surface area contributed by atoms with Gasteiger partial charge in [-0.05, 0) is 40.9 Å². The first-order valence-corrected chi connectivity index (χ1v) is 7.75. The lowest BCUT2D eigenvalue weighted by molar-refractivity contribution is 0.320. The molecule has 4 nitrogen and oxygen atoms in total. The first kappa shape index (κ1) is 15.6. The number of benzene rings is 1. The summed E-state index contributed by atoms with van der Waals surface area (Å²) in [6.07, 6.45) is 1.45. The van der Waals surface area contributed by atoms with Crippen molar-refractivity contribution >= 4 is 26.0 Å². The summed E-state index contributed by atoms with van der Waals surface area (Å²) >= 11 is 3.28. The van der Waals surface area contributed by atoms with Gasteiger partial charge < -0.3 is 5.73 Å². The van der Waals surface area contributed by atoms with E-state index in [1.807, 2.05) is 0 Å². The molecule has 0 radical (unpaired) electrons. The number of hydrogen-bond donors (Lipinski definition) is 1. The molecular formula is C12H19BrN2O2S. The van der Waals surface area contributed by atoms with Crippen LogP contribution in [0.4, 0.5) is 0 Å². The Hall–Kier alpha value is -0.430. The van der Waals surface area contributed by atoms with Crippen molar-refractivity contribution in [3.05, 3.63) is 28.7 Å². The van der Waals surface area contributed by atoms with Crippen LogP contribution in [-0.4, -0.2) is 31.9 Å². The molecule has 0 spiro atoms. The third-order valence-corrected chi connectivity index (χ3v) is 5.86. The highest BCUT2D eigenvalue weighted by molar-refractivity contribution is 9.10. The largest absolute Gasteiger partial charge is 0.328 e. The molecule has 0 amide bonds. The van der Waals surface area contributed by atoms with Gasteiger partial charge >= 0.3 is 0 Å². The van der Waals surface area contributed by atoms with E-state index in [0.717, 1.165) is 12.8 Å². The van der Waals surface area contributed by atoms with Gasteiger partial charge in [0.05, 0.1) is 4.90 Å². The van der Waals surface area contributed by atoms with Gasteiger partial charge in [-0.3, -0.25) is 0 Å². The van der Waals surface area contributed by atoms with Crippen LogP contribution in [0.25, 0.3) is 0 Å². The Bertz CT molecular complexity index is 497. The lowest BCUT2D eigenvalue weighted by Gasteiger charge is -2.29. The maximum atomic E-state index is 12.4. The summed E-state index contributed by atoms with van der Waals surface area (Å²) in [5.74, 6) is 0. The fraction of sp³-hybridized carbons (Fsp3) is 0.500. The number of nitrogens with two attached hydrogens (primary N) is 1. The Morgan fingerprint density at radius 2 is 1.78 bits per heavy atom. The number of rotatable bonds is 2. The molecule has 1 aromatic carbocycles. The van der Waals surface area contributed by atoms with E-state index in [1.54, 1.807) is 24.3 Å². The van der Waals surface area contributed by atoms with Crippen LogP contribution in [0, 0.1) is 0 Å². The lowest BCUT2D eigenvalue weighted by atomic mass is 10.1. The van der Waals surface area contributed by atoms with Crippen molar-refractivity contribution < 1.29 is 8.42 Å². The molecule has 0 aromatic heterocycles. The van der Waals surface area contributed by atoms with Crippen LogP contribution < -0.4 is 5.73 Å². The van der Waals surface area contributed by atoms with Gasteiger partial charge in [0.1, 0.15) is 0 Å². The fourth-order valence-electron chi connectivity index (χ4n) is 1.91. The second kappa shape index (κ2) is 6.14. The highest BCUT2D eigenvalue weighted by Gasteiger charge is 2.29. The maximum Gasteiger partial charge on any atom is 0.244 e. The minimum Gasteiger partial charge on any atom is -0.328 e. The van der Waals surface area contributed by atoms with Gasteiger partial charge in [-0.15, -0.1) is 0 Å². The monoisotopic (exact) mass is 334 g/mol. The van der Waals surface area contributed by atoms with Gasteiger partial charge in [0.15, 0.2) is 0 Å². The molecule has 0 saturated carbocycles. The van der Waals surface area contributed by atoms with Crippen LogP contribution in [0.3, 0.4) is 0 Å². The maximum absolute atomic E-state index is 12.4. The molecule has 0 atom stereocenters. The minimum atomic E-state index is -3.39. The Labute approximate surface area is 117 Å². The molecular weight excluding hydrogens is 316 g/mol. The summed E-state index contributed by atoms with van der Waals surface area (Å²) in [5.41, 5.74) is 5.78. The molecule has 1 aromatic rings. The number of hydrogen-bond acceptors (Lipinski definition) is 3. The van der Waals surface area contributed by atoms with E-state index in [-0.39, 0.29) is 13.5 Å². The van der Waals surface area contributed by atoms with Crippen molar-refractivity contribution in [3.8, 4) is 0 Å². The van der Waals surface area contributed by atoms with Crippen molar-refractivity contribution in [1.29, 1.82) is 0 Å². The zero-order valence-corrected chi connectivity index (χ0v) is 11.7. The molecule has 1 aliphatic heterocycles. The molecule has 1 aliphatic rings. The molecule has 1 saturated heterocycles. The third-order valence-electron chi connectivity index (χ3n) is 2.95. The molecule has 0 bridgehead atoms. The summed E-state index contributed by atoms with van der Waals surface area (Å²) in [4.78, 5) is 0.329. The smallest absolute Gasteiger partial charge is 0.244 e. The Balaban J connectivity index is 0.00000162. The summed E-state index contributed by atoms with van der Waals surface area (Å²) in [6, 6.07) is 7.01. The molecule has 6 heteroatoms. The third kappa shape index (κ3) is 3.12. The van der Waals surface area contributed by atoms with Gasteiger partial charge in [0.2, 0.25) is 10.0 Å². The van der Waals surface area contributed by atoms with Crippen LogP contribution >= 0.6 is 15.9 Å². The number of halogens is 1. The first-order chi connectivity index (χ1) is 8.01. The molecule has 102 valence electrons. The Kier molecular flexibility index (Phi) is 5.33. The topological polar surface area (TPSA) is 63.4 Å². The van der Waals surface area contributed by atoms with Crippen LogP contribution in [0.2, 0.25) is 0 Å². The molecule has 2 rings (SSSR count). The lowest BCUT2D eigenvalue weighted by Crippen LogP contribution is -2.42. The van der Waals surface area contributed by atoms with Crippen molar-refractivity contribution in [2.45, 2.75) is 31.2 Å². The summed E-state index contributed by atoms with van der Waals surface area (Å²) in [6.45, 7) is 1.01. The molecule has 1 heterocycles. The predicted octanol–water partition coefficient (Wildman–Crippen LogP) is 2.20. The second-order valence-electron chi connectivity index (χ2n) is 4.17. The summed E-state index contributed by atoms with van der Waals surface area (Å²) in [7, 11) is -3.39. The Morgan fingerprint density at radius 1 is 1.22 bits per heavy atom. The Morgan fingerprint density at radius 3 is 2.33 bits per heavy atom. The second-order valence-corrected chi connectivity index (χ2v) is 6.93. The number of piperidine rings is 1. The van der Waals surface area contributed by atoms with E-state index >= 15 is 0 Å². The molecule has 18 heavy (non-hydrogen) atoms. The summed E-state index contributed by atoms with van der Waals surface area (Å²) in [5, 5.41) is 0. The van der Waals surface area contributed by atoms with Gasteiger partial charge in [-0.2, -0.15) is 4.31 Å². The quantitative estimate of drug-likeness (QED) is 0.901. The first-order valence-electron chi connectivity index (χ1n) is 5.52. The van der Waals surface area contributed by atoms with Gasteiger partial charge in [-0.25, -0.2) is 8.42 Å². The molecule has 0 aliphatic carbocycles. The summed E-state index contributed by atoms with van der Waals surface area (Å²) < 4.78 is 26.9. The average Bonchev–Trinajstić information content (AvgIpc) is 2.30. The fourth-order valence-corrected chi connectivity index (χ4v) is 4.34. The van der Waals surface area contributed by atoms with Crippen LogP contribution in [0.1, 0.15) is 20.3 Å². The molecule has 1 fully saturated rings. The van der Waals surface area contributed by atoms with E-state index in [4.69, 9.17) is 5.73 Å². The van der Waals surface area contributed by atoms with Gasteiger partial charge in [0, 0.05) is 23.6 Å². The highest BCUT2D eigenvalue weighted by atomic mass is 79.9. The van der Waals surface area contributed by atoms with Crippen molar-refractivity contribution in [2.24, 2.45) is 5.73 Å². The van der Waals surface area contributed by atoms with E-state index in [2.05, 4.69) is 15.9 Å². The molecule has 2 N–H and O–H groups in total. The zero-order chi connectivity index (χ0) is 12.5. The highest BCUT2D eigenvalue weighted by Crippen LogP contribution is 2.26. The minimum absolute atomic E-state index is 0. The molecule has 0 unspecified atom stereocenters. The van der Waals surface area contributed by atoms with Crippen LogP contribution in [0.5, 0.6) is 0 Å². The van der Waals surface area contributed by atoms with Crippen LogP contribution in [0.15, 0.2) is 33.6 Å². The zero-order valence-electron chi connectivity index (χ0n) is 9.34. The SMILES string of the molecule is C.NC1CCN(S(=O)(=O)c2ccccc2Br)CC1. The number of sulfonamides is 1. The van der Waals surface area contributed by atoms with E-state index in [9.17, 15) is 8.42 Å². The van der Waals surface area contributed by atoms with E-state index in [0.29, 0.717) is 22.5 Å². The number of nitrogens with zero attached hydrogens (tertiary/aromatic N) is 1. The van der Waals surface area contributed by atoms with Gasteiger partial charge in [-0.1, -0.05) is 19.6 Å². The normalized spacial score (nSPS) is 18.3. The predicted molar refractivity (Wildman–Crippen MR) is 76.8 cm³/mol. The van der Waals surface area contributed by atoms with Crippen molar-refractivity contribution in [2.75, 3.05) is 13.1 Å². The van der Waals surface area contributed by atoms with Gasteiger partial charge in [0.25, 0.3) is 0 Å². The standard InChI is InChI=1S/C11H15BrN2O2S.CH4/c12-10-3-1-2-4-11(10)17(15,16)14-7-5-9(13)6-8-14;/h1-4,9H,5-8,13H2;1H4. The van der Waals surface area contributed by atoms with Crippen molar-refractivity contribution in [1.82, 2.24) is 4.31 Å².